The first kappa shape index (κ1) is 20.8. The summed E-state index contributed by atoms with van der Waals surface area (Å²) in [7, 11) is 0. The van der Waals surface area contributed by atoms with Crippen molar-refractivity contribution in [3.8, 4) is 17.6 Å². The first-order chi connectivity index (χ1) is 13.4. The van der Waals surface area contributed by atoms with Crippen LogP contribution < -0.4 is 14.8 Å². The Hall–Kier alpha value is -3.54. The van der Waals surface area contributed by atoms with Crippen LogP contribution >= 0.6 is 0 Å². The van der Waals surface area contributed by atoms with Crippen molar-refractivity contribution in [3.63, 3.8) is 0 Å². The highest BCUT2D eigenvalue weighted by atomic mass is 19.3. The molecular weight excluding hydrogens is 380 g/mol. The molecule has 1 amide bonds. The third kappa shape index (κ3) is 6.64. The van der Waals surface area contributed by atoms with Gasteiger partial charge in [0.1, 0.15) is 11.5 Å². The van der Waals surface area contributed by atoms with E-state index in [2.05, 4.69) is 14.8 Å². The Morgan fingerprint density at radius 2 is 1.86 bits per heavy atom. The second-order valence-electron chi connectivity index (χ2n) is 5.32. The number of ether oxygens (including phenoxy) is 2. The van der Waals surface area contributed by atoms with Gasteiger partial charge in [0.2, 0.25) is 5.91 Å². The molecule has 2 aromatic rings. The van der Waals surface area contributed by atoms with E-state index in [1.54, 1.807) is 24.3 Å². The van der Waals surface area contributed by atoms with Crippen LogP contribution in [0.1, 0.15) is 16.7 Å². The molecule has 0 heterocycles. The predicted octanol–water partition coefficient (Wildman–Crippen LogP) is 4.09. The van der Waals surface area contributed by atoms with Gasteiger partial charge in [0.15, 0.2) is 0 Å². The molecule has 0 aliphatic rings. The summed E-state index contributed by atoms with van der Waals surface area (Å²) in [5, 5.41) is 11.4. The van der Waals surface area contributed by atoms with Gasteiger partial charge in [-0.2, -0.15) is 22.8 Å². The van der Waals surface area contributed by atoms with Crippen molar-refractivity contribution >= 4 is 12.0 Å². The van der Waals surface area contributed by atoms with Gasteiger partial charge < -0.3 is 14.8 Å². The SMILES string of the molecule is N#Cc1cccc(CNC(=O)/C=C/c2ccc(OC(F)F)cc2OC(F)F)c1. The Kier molecular flexibility index (Phi) is 7.39. The normalized spacial score (nSPS) is 10.9. The van der Waals surface area contributed by atoms with Crippen LogP contribution in [-0.4, -0.2) is 19.1 Å². The number of rotatable bonds is 8. The number of alkyl halides is 4. The van der Waals surface area contributed by atoms with Crippen LogP contribution in [0.4, 0.5) is 17.6 Å². The zero-order valence-electron chi connectivity index (χ0n) is 14.2. The molecule has 9 heteroatoms. The van der Waals surface area contributed by atoms with Crippen LogP contribution in [0.2, 0.25) is 0 Å². The van der Waals surface area contributed by atoms with Crippen molar-refractivity contribution in [1.82, 2.24) is 5.32 Å². The third-order valence-electron chi connectivity index (χ3n) is 3.36. The predicted molar refractivity (Wildman–Crippen MR) is 91.7 cm³/mol. The molecule has 0 atom stereocenters. The maximum atomic E-state index is 12.5. The topological polar surface area (TPSA) is 71.4 Å². The Balaban J connectivity index is 2.06. The van der Waals surface area contributed by atoms with Crippen LogP contribution in [0.3, 0.4) is 0 Å². The molecule has 0 aromatic heterocycles. The highest BCUT2D eigenvalue weighted by Gasteiger charge is 2.12. The van der Waals surface area contributed by atoms with Crippen molar-refractivity contribution in [2.24, 2.45) is 0 Å². The Morgan fingerprint density at radius 1 is 1.11 bits per heavy atom. The maximum Gasteiger partial charge on any atom is 0.387 e. The fourth-order valence-electron chi connectivity index (χ4n) is 2.19. The van der Waals surface area contributed by atoms with Gasteiger partial charge in [-0.25, -0.2) is 0 Å². The number of nitrogens with zero attached hydrogens (tertiary/aromatic N) is 1. The molecule has 0 radical (unpaired) electrons. The summed E-state index contributed by atoms with van der Waals surface area (Å²) in [6.45, 7) is -6.15. The largest absolute Gasteiger partial charge is 0.435 e. The third-order valence-corrected chi connectivity index (χ3v) is 3.36. The highest BCUT2D eigenvalue weighted by Crippen LogP contribution is 2.28. The lowest BCUT2D eigenvalue weighted by Gasteiger charge is -2.11. The fourth-order valence-corrected chi connectivity index (χ4v) is 2.19. The number of carbonyl (C=O) groups excluding carboxylic acids is 1. The van der Waals surface area contributed by atoms with Gasteiger partial charge in [-0.05, 0) is 35.9 Å². The smallest absolute Gasteiger partial charge is 0.387 e. The van der Waals surface area contributed by atoms with Crippen LogP contribution in [0.15, 0.2) is 48.5 Å². The lowest BCUT2D eigenvalue weighted by Crippen LogP contribution is -2.20. The first-order valence-electron chi connectivity index (χ1n) is 7.86. The Labute approximate surface area is 157 Å². The molecular formula is C19H14F4N2O3. The van der Waals surface area contributed by atoms with Crippen LogP contribution in [0.25, 0.3) is 6.08 Å². The van der Waals surface area contributed by atoms with Crippen molar-refractivity contribution in [3.05, 3.63) is 65.2 Å². The van der Waals surface area contributed by atoms with Crippen LogP contribution in [0.5, 0.6) is 11.5 Å². The number of carbonyl (C=O) groups is 1. The van der Waals surface area contributed by atoms with E-state index in [9.17, 15) is 22.4 Å². The summed E-state index contributed by atoms with van der Waals surface area (Å²) in [6.07, 6.45) is 2.28. The molecule has 0 fully saturated rings. The van der Waals surface area contributed by atoms with E-state index in [-0.39, 0.29) is 17.9 Å². The molecule has 2 rings (SSSR count). The molecule has 2 aromatic carbocycles. The molecule has 1 N–H and O–H groups in total. The van der Waals surface area contributed by atoms with Gasteiger partial charge in [0.25, 0.3) is 0 Å². The van der Waals surface area contributed by atoms with Crippen LogP contribution in [0, 0.1) is 11.3 Å². The number of halogens is 4. The Bertz CT molecular complexity index is 895. The van der Waals surface area contributed by atoms with E-state index < -0.39 is 24.9 Å². The summed E-state index contributed by atoms with van der Waals surface area (Å²) in [4.78, 5) is 11.9. The van der Waals surface area contributed by atoms with Gasteiger partial charge in [-0.1, -0.05) is 12.1 Å². The molecule has 146 valence electrons. The van der Waals surface area contributed by atoms with Gasteiger partial charge in [-0.15, -0.1) is 0 Å². The molecule has 0 saturated heterocycles. The number of nitriles is 1. The minimum atomic E-state index is -3.19. The summed E-state index contributed by atoms with van der Waals surface area (Å²) < 4.78 is 58.0. The summed E-state index contributed by atoms with van der Waals surface area (Å²) in [5.74, 6) is -1.30. The van der Waals surface area contributed by atoms with Gasteiger partial charge >= 0.3 is 13.2 Å². The van der Waals surface area contributed by atoms with E-state index in [0.29, 0.717) is 11.1 Å². The average Bonchev–Trinajstić information content (AvgIpc) is 2.65. The molecule has 5 nitrogen and oxygen atoms in total. The lowest BCUT2D eigenvalue weighted by atomic mass is 10.1. The van der Waals surface area contributed by atoms with Crippen molar-refractivity contribution < 1.29 is 31.8 Å². The van der Waals surface area contributed by atoms with Crippen molar-refractivity contribution in [2.45, 2.75) is 19.8 Å². The number of benzene rings is 2. The number of amides is 1. The monoisotopic (exact) mass is 394 g/mol. The average molecular weight is 394 g/mol. The maximum absolute atomic E-state index is 12.5. The standard InChI is InChI=1S/C19H14F4N2O3/c20-18(21)27-15-6-4-14(16(9-15)28-19(22)23)5-7-17(26)25-11-13-3-1-2-12(8-13)10-24/h1-9,18-19H,11H2,(H,25,26)/b7-5+. The van der Waals surface area contributed by atoms with E-state index >= 15 is 0 Å². The molecule has 0 unspecified atom stereocenters. The van der Waals surface area contributed by atoms with Crippen molar-refractivity contribution in [2.75, 3.05) is 0 Å². The number of hydrogen-bond acceptors (Lipinski definition) is 4. The fraction of sp³-hybridized carbons (Fsp3) is 0.158. The summed E-state index contributed by atoms with van der Waals surface area (Å²) >= 11 is 0. The van der Waals surface area contributed by atoms with E-state index in [1.165, 1.54) is 12.1 Å². The summed E-state index contributed by atoms with van der Waals surface area (Å²) in [6, 6.07) is 11.8. The van der Waals surface area contributed by atoms with Gasteiger partial charge in [0.05, 0.1) is 11.6 Å². The summed E-state index contributed by atoms with van der Waals surface area (Å²) in [5.41, 5.74) is 1.22. The first-order valence-corrected chi connectivity index (χ1v) is 7.86. The molecule has 28 heavy (non-hydrogen) atoms. The Morgan fingerprint density at radius 3 is 2.54 bits per heavy atom. The quantitative estimate of drug-likeness (QED) is 0.541. The minimum absolute atomic E-state index is 0.0727. The van der Waals surface area contributed by atoms with Gasteiger partial charge in [-0.3, -0.25) is 4.79 Å². The molecule has 0 aliphatic heterocycles. The van der Waals surface area contributed by atoms with E-state index in [4.69, 9.17) is 5.26 Å². The second kappa shape index (κ2) is 9.97. The lowest BCUT2D eigenvalue weighted by molar-refractivity contribution is -0.116. The minimum Gasteiger partial charge on any atom is -0.435 e. The molecule has 0 spiro atoms. The zero-order chi connectivity index (χ0) is 20.5. The van der Waals surface area contributed by atoms with E-state index in [0.717, 1.165) is 18.2 Å². The number of nitrogens with one attached hydrogen (secondary N) is 1. The van der Waals surface area contributed by atoms with E-state index in [1.807, 2.05) is 6.07 Å². The highest BCUT2D eigenvalue weighted by molar-refractivity contribution is 5.92. The van der Waals surface area contributed by atoms with Crippen molar-refractivity contribution in [1.29, 1.82) is 5.26 Å². The molecule has 0 aliphatic carbocycles. The van der Waals surface area contributed by atoms with Crippen LogP contribution in [-0.2, 0) is 11.3 Å². The second-order valence-corrected chi connectivity index (χ2v) is 5.32. The molecule has 0 bridgehead atoms. The molecule has 0 saturated carbocycles. The van der Waals surface area contributed by atoms with Gasteiger partial charge in [0, 0.05) is 24.3 Å². The number of hydrogen-bond donors (Lipinski definition) is 1. The zero-order valence-corrected chi connectivity index (χ0v) is 14.2.